The molecule has 3 heterocycles. The normalized spacial score (nSPS) is 15.2. The second-order valence-electron chi connectivity index (χ2n) is 4.84. The zero-order chi connectivity index (χ0) is 15.0. The SMILES string of the molecule is CC(=O)c1nnc2c(C#N)c(N3CCOCC3)nn2c1C. The third-order valence-electron chi connectivity index (χ3n) is 3.50. The summed E-state index contributed by atoms with van der Waals surface area (Å²) in [5.41, 5.74) is 1.61. The van der Waals surface area contributed by atoms with Crippen LogP contribution in [0.2, 0.25) is 0 Å². The maximum absolute atomic E-state index is 11.5. The maximum atomic E-state index is 11.5. The predicted molar refractivity (Wildman–Crippen MR) is 73.3 cm³/mol. The van der Waals surface area contributed by atoms with E-state index >= 15 is 0 Å². The number of morpholine rings is 1. The van der Waals surface area contributed by atoms with Crippen molar-refractivity contribution in [3.8, 4) is 6.07 Å². The van der Waals surface area contributed by atoms with E-state index in [0.29, 0.717) is 49.0 Å². The van der Waals surface area contributed by atoms with Crippen molar-refractivity contribution < 1.29 is 9.53 Å². The second kappa shape index (κ2) is 5.10. The molecular formula is C13H14N6O2. The van der Waals surface area contributed by atoms with Gasteiger partial charge in [-0.1, -0.05) is 0 Å². The molecule has 0 atom stereocenters. The van der Waals surface area contributed by atoms with Crippen LogP contribution in [0.1, 0.15) is 28.7 Å². The Hall–Kier alpha value is -2.53. The molecule has 0 radical (unpaired) electrons. The van der Waals surface area contributed by atoms with Crippen molar-refractivity contribution in [3.63, 3.8) is 0 Å². The number of ether oxygens (including phenoxy) is 1. The largest absolute Gasteiger partial charge is 0.378 e. The first-order chi connectivity index (χ1) is 10.1. The van der Waals surface area contributed by atoms with Gasteiger partial charge >= 0.3 is 0 Å². The van der Waals surface area contributed by atoms with Crippen molar-refractivity contribution in [1.29, 1.82) is 5.26 Å². The third kappa shape index (κ3) is 2.11. The second-order valence-corrected chi connectivity index (χ2v) is 4.84. The monoisotopic (exact) mass is 286 g/mol. The molecule has 0 spiro atoms. The van der Waals surface area contributed by atoms with Crippen molar-refractivity contribution in [3.05, 3.63) is 17.0 Å². The van der Waals surface area contributed by atoms with Gasteiger partial charge in [-0.05, 0) is 6.92 Å². The lowest BCUT2D eigenvalue weighted by Crippen LogP contribution is -2.36. The highest BCUT2D eigenvalue weighted by Crippen LogP contribution is 2.23. The Morgan fingerprint density at radius 1 is 1.33 bits per heavy atom. The number of hydrogen-bond donors (Lipinski definition) is 0. The van der Waals surface area contributed by atoms with Crippen LogP contribution in [-0.4, -0.2) is 51.9 Å². The van der Waals surface area contributed by atoms with Gasteiger partial charge in [0.15, 0.2) is 17.2 Å². The smallest absolute Gasteiger partial charge is 0.197 e. The molecule has 2 aromatic heterocycles. The van der Waals surface area contributed by atoms with Gasteiger partial charge in [0.05, 0.1) is 18.9 Å². The van der Waals surface area contributed by atoms with E-state index in [1.165, 1.54) is 11.4 Å². The van der Waals surface area contributed by atoms with Gasteiger partial charge in [-0.25, -0.2) is 4.52 Å². The summed E-state index contributed by atoms with van der Waals surface area (Å²) in [5.74, 6) is 0.391. The molecule has 21 heavy (non-hydrogen) atoms. The molecule has 0 saturated carbocycles. The summed E-state index contributed by atoms with van der Waals surface area (Å²) < 4.78 is 6.83. The lowest BCUT2D eigenvalue weighted by atomic mass is 10.2. The number of fused-ring (bicyclic) bond motifs is 1. The van der Waals surface area contributed by atoms with Crippen molar-refractivity contribution in [2.24, 2.45) is 0 Å². The molecule has 2 aromatic rings. The molecule has 1 saturated heterocycles. The van der Waals surface area contributed by atoms with E-state index in [4.69, 9.17) is 4.74 Å². The van der Waals surface area contributed by atoms with Gasteiger partial charge in [-0.3, -0.25) is 4.79 Å². The Labute approximate surface area is 120 Å². The standard InChI is InChI=1S/C13H14N6O2/c1-8-11(9(2)20)15-16-12-10(7-14)13(17-19(8)12)18-3-5-21-6-4-18/h3-6H2,1-2H3. The van der Waals surface area contributed by atoms with Gasteiger partial charge in [-0.2, -0.15) is 5.26 Å². The molecule has 0 aromatic carbocycles. The van der Waals surface area contributed by atoms with E-state index in [-0.39, 0.29) is 11.5 Å². The number of aromatic nitrogens is 4. The van der Waals surface area contributed by atoms with Crippen LogP contribution in [-0.2, 0) is 4.74 Å². The topological polar surface area (TPSA) is 96.4 Å². The first kappa shape index (κ1) is 13.5. The lowest BCUT2D eigenvalue weighted by Gasteiger charge is -2.26. The fourth-order valence-corrected chi connectivity index (χ4v) is 2.42. The van der Waals surface area contributed by atoms with Crippen LogP contribution in [0.4, 0.5) is 5.82 Å². The summed E-state index contributed by atoms with van der Waals surface area (Å²) in [7, 11) is 0. The third-order valence-corrected chi connectivity index (χ3v) is 3.50. The van der Waals surface area contributed by atoms with Crippen LogP contribution < -0.4 is 4.90 Å². The van der Waals surface area contributed by atoms with Crippen LogP contribution in [0.15, 0.2) is 0 Å². The van der Waals surface area contributed by atoms with Crippen molar-refractivity contribution in [1.82, 2.24) is 19.8 Å². The molecule has 1 aliphatic rings. The Morgan fingerprint density at radius 3 is 2.67 bits per heavy atom. The molecule has 108 valence electrons. The quantitative estimate of drug-likeness (QED) is 0.734. The highest BCUT2D eigenvalue weighted by atomic mass is 16.5. The maximum Gasteiger partial charge on any atom is 0.197 e. The van der Waals surface area contributed by atoms with Crippen molar-refractivity contribution in [2.75, 3.05) is 31.2 Å². The van der Waals surface area contributed by atoms with Gasteiger partial charge in [0.25, 0.3) is 0 Å². The van der Waals surface area contributed by atoms with E-state index in [0.717, 1.165) is 0 Å². The van der Waals surface area contributed by atoms with Crippen molar-refractivity contribution >= 4 is 17.2 Å². The minimum absolute atomic E-state index is 0.177. The summed E-state index contributed by atoms with van der Waals surface area (Å²) in [6.45, 7) is 5.72. The number of anilines is 1. The summed E-state index contributed by atoms with van der Waals surface area (Å²) in [6, 6.07) is 2.14. The predicted octanol–water partition coefficient (Wildman–Crippen LogP) is 0.344. The molecule has 0 aliphatic carbocycles. The number of rotatable bonds is 2. The molecule has 0 N–H and O–H groups in total. The van der Waals surface area contributed by atoms with E-state index in [9.17, 15) is 10.1 Å². The van der Waals surface area contributed by atoms with Crippen LogP contribution in [0, 0.1) is 18.3 Å². The summed E-state index contributed by atoms with van der Waals surface area (Å²) >= 11 is 0. The average molecular weight is 286 g/mol. The fraction of sp³-hybridized carbons (Fsp3) is 0.462. The number of aryl methyl sites for hydroxylation is 1. The van der Waals surface area contributed by atoms with E-state index < -0.39 is 0 Å². The first-order valence-electron chi connectivity index (χ1n) is 6.63. The molecule has 8 nitrogen and oxygen atoms in total. The number of carbonyl (C=O) groups excluding carboxylic acids is 1. The molecule has 0 amide bonds. The Balaban J connectivity index is 2.20. The average Bonchev–Trinajstić information content (AvgIpc) is 2.87. The van der Waals surface area contributed by atoms with Gasteiger partial charge in [0, 0.05) is 20.0 Å². The van der Waals surface area contributed by atoms with Gasteiger partial charge in [-0.15, -0.1) is 15.3 Å². The summed E-state index contributed by atoms with van der Waals surface area (Å²) in [5, 5.41) is 21.8. The van der Waals surface area contributed by atoms with E-state index in [1.54, 1.807) is 6.92 Å². The molecule has 3 rings (SSSR count). The number of ketones is 1. The van der Waals surface area contributed by atoms with Crippen molar-refractivity contribution in [2.45, 2.75) is 13.8 Å². The minimum atomic E-state index is -0.177. The minimum Gasteiger partial charge on any atom is -0.378 e. The Morgan fingerprint density at radius 2 is 2.05 bits per heavy atom. The summed E-state index contributed by atoms with van der Waals surface area (Å²) in [6.07, 6.45) is 0. The molecule has 1 aliphatic heterocycles. The Bertz CT molecular complexity index is 754. The fourth-order valence-electron chi connectivity index (χ4n) is 2.42. The molecule has 8 heteroatoms. The van der Waals surface area contributed by atoms with E-state index in [1.807, 2.05) is 4.90 Å². The molecule has 0 unspecified atom stereocenters. The highest BCUT2D eigenvalue weighted by Gasteiger charge is 2.24. The van der Waals surface area contributed by atoms with Gasteiger partial charge < -0.3 is 9.64 Å². The number of nitriles is 1. The highest BCUT2D eigenvalue weighted by molar-refractivity contribution is 5.93. The zero-order valence-corrected chi connectivity index (χ0v) is 11.8. The molecule has 0 bridgehead atoms. The Kier molecular flexibility index (Phi) is 3.27. The molecule has 1 fully saturated rings. The first-order valence-corrected chi connectivity index (χ1v) is 6.63. The number of nitrogens with zero attached hydrogens (tertiary/aromatic N) is 6. The van der Waals surface area contributed by atoms with Crippen LogP contribution in [0.25, 0.3) is 5.65 Å². The summed E-state index contributed by atoms with van der Waals surface area (Å²) in [4.78, 5) is 13.5. The number of hydrogen-bond acceptors (Lipinski definition) is 7. The number of carbonyl (C=O) groups is 1. The lowest BCUT2D eigenvalue weighted by molar-refractivity contribution is 0.101. The number of Topliss-reactive ketones (excluding diaryl/α,β-unsaturated/α-hetero) is 1. The molecular weight excluding hydrogens is 272 g/mol. The van der Waals surface area contributed by atoms with Crippen LogP contribution >= 0.6 is 0 Å². The van der Waals surface area contributed by atoms with Crippen LogP contribution in [0.3, 0.4) is 0 Å². The van der Waals surface area contributed by atoms with E-state index in [2.05, 4.69) is 21.4 Å². The van der Waals surface area contributed by atoms with Crippen LogP contribution in [0.5, 0.6) is 0 Å². The van der Waals surface area contributed by atoms with Gasteiger partial charge in [0.2, 0.25) is 0 Å². The zero-order valence-electron chi connectivity index (χ0n) is 11.8. The van der Waals surface area contributed by atoms with Gasteiger partial charge in [0.1, 0.15) is 17.3 Å².